The number of aromatic nitrogens is 3. The maximum Gasteiger partial charge on any atom is 0.573 e. The molecule has 0 amide bonds. The summed E-state index contributed by atoms with van der Waals surface area (Å²) in [4.78, 5) is 12.5. The minimum atomic E-state index is -5.00. The lowest BCUT2D eigenvalue weighted by molar-refractivity contribution is -0.274. The molecule has 7 nitrogen and oxygen atoms in total. The third kappa shape index (κ3) is 4.46. The summed E-state index contributed by atoms with van der Waals surface area (Å²) in [6, 6.07) is 5.30. The summed E-state index contributed by atoms with van der Waals surface area (Å²) in [6.07, 6.45) is -2.93. The minimum Gasteiger partial charge on any atom is -0.473 e. The van der Waals surface area contributed by atoms with Gasteiger partial charge in [-0.25, -0.2) is 19.3 Å². The molecule has 1 aliphatic heterocycles. The maximum absolute atomic E-state index is 14.5. The highest BCUT2D eigenvalue weighted by Gasteiger charge is 2.33. The van der Waals surface area contributed by atoms with Crippen LogP contribution in [0.2, 0.25) is 5.02 Å². The maximum atomic E-state index is 14.5. The van der Waals surface area contributed by atoms with Gasteiger partial charge >= 0.3 is 6.36 Å². The number of benzene rings is 1. The standard InChI is InChI=1S/C18H14ClF4N5O2/c19-14-12(30-18(21,22)23)3-1-10(15(14)20)27-17-16-11(25-8-26-17)2-4-13(28-16)29-9-5-6-24-7-9/h1-4,8-9,24H,5-7H2,(H,25,26,27)/t9-/m0/s1. The van der Waals surface area contributed by atoms with Crippen molar-refractivity contribution in [1.29, 1.82) is 0 Å². The Morgan fingerprint density at radius 3 is 2.73 bits per heavy atom. The predicted octanol–water partition coefficient (Wildman–Crippen LogP) is 4.20. The van der Waals surface area contributed by atoms with Gasteiger partial charge in [0.05, 0.1) is 11.2 Å². The van der Waals surface area contributed by atoms with E-state index in [4.69, 9.17) is 16.3 Å². The van der Waals surface area contributed by atoms with Crippen molar-refractivity contribution in [1.82, 2.24) is 20.3 Å². The van der Waals surface area contributed by atoms with Gasteiger partial charge in [0.15, 0.2) is 17.4 Å². The number of alkyl halides is 3. The molecular formula is C18H14ClF4N5O2. The summed E-state index contributed by atoms with van der Waals surface area (Å²) in [5, 5.41) is 5.05. The second-order valence-corrected chi connectivity index (χ2v) is 6.76. The van der Waals surface area contributed by atoms with Crippen LogP contribution in [0.1, 0.15) is 6.42 Å². The Morgan fingerprint density at radius 2 is 2.00 bits per heavy atom. The molecular weight excluding hydrogens is 430 g/mol. The number of ether oxygens (including phenoxy) is 2. The van der Waals surface area contributed by atoms with Crippen LogP contribution in [0.25, 0.3) is 11.0 Å². The molecule has 2 aromatic heterocycles. The van der Waals surface area contributed by atoms with Crippen LogP contribution in [0.3, 0.4) is 0 Å². The zero-order chi connectivity index (χ0) is 21.3. The van der Waals surface area contributed by atoms with Crippen LogP contribution in [0, 0.1) is 5.82 Å². The fourth-order valence-electron chi connectivity index (χ4n) is 2.94. The van der Waals surface area contributed by atoms with Gasteiger partial charge in [0.25, 0.3) is 0 Å². The third-order valence-electron chi connectivity index (χ3n) is 4.28. The van der Waals surface area contributed by atoms with Crippen LogP contribution < -0.4 is 20.1 Å². The summed E-state index contributed by atoms with van der Waals surface area (Å²) in [5.74, 6) is -1.50. The number of halogens is 5. The van der Waals surface area contributed by atoms with E-state index in [2.05, 4.69) is 30.3 Å². The number of anilines is 2. The number of pyridine rings is 1. The average Bonchev–Trinajstić information content (AvgIpc) is 3.20. The molecule has 0 aliphatic carbocycles. The zero-order valence-corrected chi connectivity index (χ0v) is 15.9. The van der Waals surface area contributed by atoms with Crippen LogP contribution in [0.4, 0.5) is 29.1 Å². The summed E-state index contributed by atoms with van der Waals surface area (Å²) >= 11 is 5.69. The third-order valence-corrected chi connectivity index (χ3v) is 4.64. The van der Waals surface area contributed by atoms with E-state index in [9.17, 15) is 17.6 Å². The van der Waals surface area contributed by atoms with Crippen LogP contribution in [-0.2, 0) is 0 Å². The van der Waals surface area contributed by atoms with E-state index in [0.29, 0.717) is 23.5 Å². The van der Waals surface area contributed by atoms with E-state index in [0.717, 1.165) is 25.1 Å². The monoisotopic (exact) mass is 443 g/mol. The molecule has 1 aromatic carbocycles. The molecule has 4 rings (SSSR count). The largest absolute Gasteiger partial charge is 0.573 e. The number of nitrogens with zero attached hydrogens (tertiary/aromatic N) is 3. The van der Waals surface area contributed by atoms with E-state index in [1.54, 1.807) is 12.1 Å². The number of hydrogen-bond donors (Lipinski definition) is 2. The normalized spacial score (nSPS) is 16.6. The molecule has 12 heteroatoms. The number of rotatable bonds is 5. The van der Waals surface area contributed by atoms with Gasteiger partial charge in [0.2, 0.25) is 5.88 Å². The molecule has 0 saturated carbocycles. The summed E-state index contributed by atoms with van der Waals surface area (Å²) in [5.41, 5.74) is 0.558. The first-order chi connectivity index (χ1) is 14.3. The first-order valence-corrected chi connectivity index (χ1v) is 9.18. The molecule has 2 N–H and O–H groups in total. The quantitative estimate of drug-likeness (QED) is 0.572. The van der Waals surface area contributed by atoms with Crippen LogP contribution in [0.5, 0.6) is 11.6 Å². The number of fused-ring (bicyclic) bond motifs is 1. The molecule has 1 saturated heterocycles. The molecule has 0 bridgehead atoms. The van der Waals surface area contributed by atoms with Gasteiger partial charge in [0.1, 0.15) is 23.0 Å². The van der Waals surface area contributed by atoms with Gasteiger partial charge in [-0.05, 0) is 31.2 Å². The Labute approximate surface area is 172 Å². The van der Waals surface area contributed by atoms with Crippen molar-refractivity contribution < 1.29 is 27.0 Å². The highest BCUT2D eigenvalue weighted by Crippen LogP contribution is 2.36. The first kappa shape index (κ1) is 20.4. The summed E-state index contributed by atoms with van der Waals surface area (Å²) in [7, 11) is 0. The van der Waals surface area contributed by atoms with Crippen LogP contribution >= 0.6 is 11.6 Å². The topological polar surface area (TPSA) is 81.2 Å². The fraction of sp³-hybridized carbons (Fsp3) is 0.278. The van der Waals surface area contributed by atoms with Crippen molar-refractivity contribution >= 4 is 34.1 Å². The Morgan fingerprint density at radius 1 is 1.17 bits per heavy atom. The lowest BCUT2D eigenvalue weighted by atomic mass is 10.2. The predicted molar refractivity (Wildman–Crippen MR) is 101 cm³/mol. The van der Waals surface area contributed by atoms with Crippen molar-refractivity contribution in [3.8, 4) is 11.6 Å². The Kier molecular flexibility index (Phi) is 5.48. The van der Waals surface area contributed by atoms with Crippen LogP contribution in [0.15, 0.2) is 30.6 Å². The van der Waals surface area contributed by atoms with Crippen molar-refractivity contribution in [2.24, 2.45) is 0 Å². The minimum absolute atomic E-state index is 0.0200. The average molecular weight is 444 g/mol. The highest BCUT2D eigenvalue weighted by atomic mass is 35.5. The SMILES string of the molecule is Fc1c(Nc2ncnc3ccc(O[C@H]4CCNC4)nc23)ccc(OC(F)(F)F)c1Cl. The molecule has 1 fully saturated rings. The zero-order valence-electron chi connectivity index (χ0n) is 15.1. The van der Waals surface area contributed by atoms with E-state index in [1.165, 1.54) is 6.33 Å². The molecule has 158 valence electrons. The van der Waals surface area contributed by atoms with Crippen molar-refractivity contribution in [2.75, 3.05) is 18.4 Å². The summed E-state index contributed by atoms with van der Waals surface area (Å²) in [6.45, 7) is 1.55. The van der Waals surface area contributed by atoms with Crippen molar-refractivity contribution in [3.05, 3.63) is 41.4 Å². The van der Waals surface area contributed by atoms with Gasteiger partial charge in [-0.1, -0.05) is 11.6 Å². The fourth-order valence-corrected chi connectivity index (χ4v) is 3.14. The van der Waals surface area contributed by atoms with Gasteiger partial charge < -0.3 is 20.1 Å². The molecule has 3 aromatic rings. The molecule has 0 spiro atoms. The number of hydrogen-bond acceptors (Lipinski definition) is 7. The van der Waals surface area contributed by atoms with E-state index < -0.39 is 23.0 Å². The molecule has 30 heavy (non-hydrogen) atoms. The molecule has 0 unspecified atom stereocenters. The highest BCUT2D eigenvalue weighted by molar-refractivity contribution is 6.32. The smallest absolute Gasteiger partial charge is 0.473 e. The lowest BCUT2D eigenvalue weighted by Gasteiger charge is -2.14. The van der Waals surface area contributed by atoms with Crippen LogP contribution in [-0.4, -0.2) is 40.5 Å². The van der Waals surface area contributed by atoms with E-state index >= 15 is 0 Å². The molecule has 0 radical (unpaired) electrons. The second kappa shape index (κ2) is 8.07. The van der Waals surface area contributed by atoms with E-state index in [-0.39, 0.29) is 17.6 Å². The van der Waals surface area contributed by atoms with Gasteiger partial charge in [0, 0.05) is 12.6 Å². The summed E-state index contributed by atoms with van der Waals surface area (Å²) < 4.78 is 61.3. The second-order valence-electron chi connectivity index (χ2n) is 6.38. The number of nitrogens with one attached hydrogen (secondary N) is 2. The van der Waals surface area contributed by atoms with Gasteiger partial charge in [-0.15, -0.1) is 13.2 Å². The molecule has 1 aliphatic rings. The first-order valence-electron chi connectivity index (χ1n) is 8.80. The Balaban J connectivity index is 1.64. The molecule has 3 heterocycles. The van der Waals surface area contributed by atoms with E-state index in [1.807, 2.05) is 0 Å². The van der Waals surface area contributed by atoms with Gasteiger partial charge in [-0.2, -0.15) is 0 Å². The lowest BCUT2D eigenvalue weighted by Crippen LogP contribution is -2.20. The van der Waals surface area contributed by atoms with Gasteiger partial charge in [-0.3, -0.25) is 0 Å². The van der Waals surface area contributed by atoms with Crippen molar-refractivity contribution in [2.45, 2.75) is 18.9 Å². The molecule has 1 atom stereocenters. The Bertz CT molecular complexity index is 1080. The van der Waals surface area contributed by atoms with Crippen molar-refractivity contribution in [3.63, 3.8) is 0 Å². The Hall–Kier alpha value is -2.92.